The van der Waals surface area contributed by atoms with Gasteiger partial charge in [0.25, 0.3) is 0 Å². The molecule has 1 aliphatic rings. The molecule has 120 valence electrons. The van der Waals surface area contributed by atoms with E-state index in [1.807, 2.05) is 26.0 Å². The average molecular weight is 324 g/mol. The number of halogens is 1. The van der Waals surface area contributed by atoms with Crippen molar-refractivity contribution in [3.63, 3.8) is 0 Å². The zero-order valence-corrected chi connectivity index (χ0v) is 13.7. The number of carbonyl (C=O) groups is 2. The van der Waals surface area contributed by atoms with E-state index in [-0.39, 0.29) is 18.0 Å². The van der Waals surface area contributed by atoms with Gasteiger partial charge in [0.2, 0.25) is 5.91 Å². The van der Waals surface area contributed by atoms with Crippen LogP contribution in [0.25, 0.3) is 0 Å². The molecule has 1 atom stereocenters. The molecule has 3 amide bonds. The number of anilines is 1. The van der Waals surface area contributed by atoms with Gasteiger partial charge < -0.3 is 16.0 Å². The molecule has 2 rings (SSSR count). The monoisotopic (exact) mass is 323 g/mol. The lowest BCUT2D eigenvalue weighted by Gasteiger charge is -2.24. The predicted octanol–water partition coefficient (Wildman–Crippen LogP) is 2.86. The van der Waals surface area contributed by atoms with Gasteiger partial charge in [-0.3, -0.25) is 4.79 Å². The fourth-order valence-corrected chi connectivity index (χ4v) is 2.95. The highest BCUT2D eigenvalue weighted by Crippen LogP contribution is 2.29. The minimum absolute atomic E-state index is 0.0352. The zero-order chi connectivity index (χ0) is 16.1. The van der Waals surface area contributed by atoms with Crippen molar-refractivity contribution in [2.45, 2.75) is 45.6 Å². The number of benzene rings is 1. The third-order valence-corrected chi connectivity index (χ3v) is 4.27. The van der Waals surface area contributed by atoms with E-state index in [0.717, 1.165) is 29.7 Å². The van der Waals surface area contributed by atoms with Crippen LogP contribution in [0.15, 0.2) is 12.1 Å². The van der Waals surface area contributed by atoms with E-state index in [0.29, 0.717) is 24.4 Å². The molecule has 1 saturated heterocycles. The van der Waals surface area contributed by atoms with Crippen molar-refractivity contribution in [3.05, 3.63) is 28.3 Å². The van der Waals surface area contributed by atoms with Crippen LogP contribution < -0.4 is 16.0 Å². The third-order valence-electron chi connectivity index (χ3n) is 3.92. The van der Waals surface area contributed by atoms with Crippen LogP contribution in [0.5, 0.6) is 0 Å². The first-order chi connectivity index (χ1) is 10.5. The van der Waals surface area contributed by atoms with Gasteiger partial charge in [-0.15, -0.1) is 0 Å². The molecule has 1 aromatic rings. The predicted molar refractivity (Wildman–Crippen MR) is 88.4 cm³/mol. The van der Waals surface area contributed by atoms with Crippen LogP contribution in [-0.2, 0) is 17.6 Å². The Hall–Kier alpha value is -1.75. The van der Waals surface area contributed by atoms with Crippen molar-refractivity contribution >= 4 is 29.2 Å². The summed E-state index contributed by atoms with van der Waals surface area (Å²) in [5.74, 6) is 0.0369. The highest BCUT2D eigenvalue weighted by atomic mass is 35.5. The van der Waals surface area contributed by atoms with Crippen LogP contribution in [0.2, 0.25) is 5.02 Å². The topological polar surface area (TPSA) is 70.2 Å². The van der Waals surface area contributed by atoms with E-state index < -0.39 is 0 Å². The second-order valence-corrected chi connectivity index (χ2v) is 5.81. The molecule has 1 heterocycles. The molecular formula is C16H22ClN3O2. The maximum absolute atomic E-state index is 12.2. The Morgan fingerprint density at radius 2 is 2.14 bits per heavy atom. The standard InChI is InChI=1S/C16H22ClN3O2/c1-3-10-5-7-13(17)12(4-2)15(10)20-16(22)19-11-6-8-14(21)18-9-11/h5,7,11H,3-4,6,8-9H2,1-2H3,(H,18,21)(H2,19,20,22). The Kier molecular flexibility index (Phi) is 5.66. The van der Waals surface area contributed by atoms with E-state index in [9.17, 15) is 9.59 Å². The number of nitrogens with one attached hydrogen (secondary N) is 3. The van der Waals surface area contributed by atoms with Crippen molar-refractivity contribution in [2.24, 2.45) is 0 Å². The summed E-state index contributed by atoms with van der Waals surface area (Å²) in [5, 5.41) is 9.25. The Morgan fingerprint density at radius 1 is 1.36 bits per heavy atom. The summed E-state index contributed by atoms with van der Waals surface area (Å²) < 4.78 is 0. The summed E-state index contributed by atoms with van der Waals surface area (Å²) >= 11 is 6.23. The van der Waals surface area contributed by atoms with Gasteiger partial charge >= 0.3 is 6.03 Å². The number of hydrogen-bond donors (Lipinski definition) is 3. The maximum Gasteiger partial charge on any atom is 0.319 e. The fourth-order valence-electron chi connectivity index (χ4n) is 2.66. The summed E-state index contributed by atoms with van der Waals surface area (Å²) in [6.45, 7) is 4.53. The number of hydrogen-bond acceptors (Lipinski definition) is 2. The Labute approximate surface area is 135 Å². The highest BCUT2D eigenvalue weighted by Gasteiger charge is 2.20. The highest BCUT2D eigenvalue weighted by molar-refractivity contribution is 6.31. The van der Waals surface area contributed by atoms with E-state index in [1.165, 1.54) is 0 Å². The van der Waals surface area contributed by atoms with Crippen LogP contribution >= 0.6 is 11.6 Å². The first-order valence-corrected chi connectivity index (χ1v) is 8.07. The van der Waals surface area contributed by atoms with Crippen LogP contribution in [0.3, 0.4) is 0 Å². The zero-order valence-electron chi connectivity index (χ0n) is 13.0. The van der Waals surface area contributed by atoms with E-state index >= 15 is 0 Å². The smallest absolute Gasteiger partial charge is 0.319 e. The quantitative estimate of drug-likeness (QED) is 0.797. The van der Waals surface area contributed by atoms with Gasteiger partial charge in [0.15, 0.2) is 0 Å². The van der Waals surface area contributed by atoms with E-state index in [1.54, 1.807) is 0 Å². The summed E-state index contributed by atoms with van der Waals surface area (Å²) in [6.07, 6.45) is 2.68. The molecule has 0 saturated carbocycles. The first kappa shape index (κ1) is 16.6. The molecule has 1 aliphatic heterocycles. The molecule has 3 N–H and O–H groups in total. The van der Waals surface area contributed by atoms with E-state index in [4.69, 9.17) is 11.6 Å². The minimum Gasteiger partial charge on any atom is -0.354 e. The molecular weight excluding hydrogens is 302 g/mol. The molecule has 0 aromatic heterocycles. The van der Waals surface area contributed by atoms with Gasteiger partial charge in [-0.25, -0.2) is 4.79 Å². The lowest BCUT2D eigenvalue weighted by molar-refractivity contribution is -0.122. The number of amides is 3. The molecule has 0 aliphatic carbocycles. The van der Waals surface area contributed by atoms with Crippen molar-refractivity contribution in [3.8, 4) is 0 Å². The first-order valence-electron chi connectivity index (χ1n) is 7.69. The molecule has 0 spiro atoms. The van der Waals surface area contributed by atoms with Crippen LogP contribution in [0.1, 0.15) is 37.8 Å². The van der Waals surface area contributed by atoms with Crippen molar-refractivity contribution in [1.29, 1.82) is 0 Å². The number of carbonyl (C=O) groups excluding carboxylic acids is 2. The second kappa shape index (κ2) is 7.49. The third kappa shape index (κ3) is 3.91. The molecule has 1 aromatic carbocycles. The summed E-state index contributed by atoms with van der Waals surface area (Å²) in [7, 11) is 0. The molecule has 1 unspecified atom stereocenters. The summed E-state index contributed by atoms with van der Waals surface area (Å²) in [6, 6.07) is 3.52. The van der Waals surface area contributed by atoms with Crippen LogP contribution in [0.4, 0.5) is 10.5 Å². The molecule has 22 heavy (non-hydrogen) atoms. The number of piperidine rings is 1. The van der Waals surface area contributed by atoms with Gasteiger partial charge in [0, 0.05) is 24.0 Å². The SMILES string of the molecule is CCc1ccc(Cl)c(CC)c1NC(=O)NC1CCC(=O)NC1. The Bertz CT molecular complexity index is 565. The van der Waals surface area contributed by atoms with Crippen molar-refractivity contribution < 1.29 is 9.59 Å². The van der Waals surface area contributed by atoms with Crippen LogP contribution in [-0.4, -0.2) is 24.5 Å². The van der Waals surface area contributed by atoms with Gasteiger partial charge in [-0.05, 0) is 36.5 Å². The van der Waals surface area contributed by atoms with Gasteiger partial charge in [0.1, 0.15) is 0 Å². The second-order valence-electron chi connectivity index (χ2n) is 5.41. The van der Waals surface area contributed by atoms with Crippen molar-refractivity contribution in [2.75, 3.05) is 11.9 Å². The Morgan fingerprint density at radius 3 is 2.73 bits per heavy atom. The summed E-state index contributed by atoms with van der Waals surface area (Å²) in [5.41, 5.74) is 2.82. The number of aryl methyl sites for hydroxylation is 1. The van der Waals surface area contributed by atoms with Crippen LogP contribution in [0, 0.1) is 0 Å². The van der Waals surface area contributed by atoms with E-state index in [2.05, 4.69) is 16.0 Å². The normalized spacial score (nSPS) is 17.8. The van der Waals surface area contributed by atoms with Gasteiger partial charge in [-0.1, -0.05) is 31.5 Å². The fraction of sp³-hybridized carbons (Fsp3) is 0.500. The molecule has 5 nitrogen and oxygen atoms in total. The Balaban J connectivity index is 2.07. The molecule has 0 bridgehead atoms. The largest absolute Gasteiger partial charge is 0.354 e. The lowest BCUT2D eigenvalue weighted by Crippen LogP contribution is -2.49. The molecule has 6 heteroatoms. The molecule has 1 fully saturated rings. The number of urea groups is 1. The van der Waals surface area contributed by atoms with Gasteiger partial charge in [-0.2, -0.15) is 0 Å². The maximum atomic E-state index is 12.2. The lowest BCUT2D eigenvalue weighted by atomic mass is 10.0. The van der Waals surface area contributed by atoms with Gasteiger partial charge in [0.05, 0.1) is 5.69 Å². The minimum atomic E-state index is -0.257. The van der Waals surface area contributed by atoms with Crippen molar-refractivity contribution in [1.82, 2.24) is 10.6 Å². The average Bonchev–Trinajstić information content (AvgIpc) is 2.50. The molecule has 0 radical (unpaired) electrons. The summed E-state index contributed by atoms with van der Waals surface area (Å²) in [4.78, 5) is 23.4. The number of rotatable bonds is 4.